The number of rotatable bonds is 10. The van der Waals surface area contributed by atoms with E-state index in [0.717, 1.165) is 24.2 Å². The highest BCUT2D eigenvalue weighted by Crippen LogP contribution is 2.30. The average molecular weight is 452 g/mol. The van der Waals surface area contributed by atoms with Crippen LogP contribution in [0.5, 0.6) is 11.5 Å². The summed E-state index contributed by atoms with van der Waals surface area (Å²) < 4.78 is 5.84. The van der Waals surface area contributed by atoms with Crippen LogP contribution in [0.4, 0.5) is 16.3 Å². The monoisotopic (exact) mass is 451 g/mol. The number of phenolic OH excluding ortho intramolecular Hbond substituents is 1. The number of anilines is 2. The van der Waals surface area contributed by atoms with E-state index in [2.05, 4.69) is 15.1 Å². The van der Waals surface area contributed by atoms with Gasteiger partial charge in [0.25, 0.3) is 0 Å². The number of amides is 1. The molecule has 3 rings (SSSR count). The maximum atomic E-state index is 10.9. The molecule has 0 saturated heterocycles. The third kappa shape index (κ3) is 6.49. The van der Waals surface area contributed by atoms with Gasteiger partial charge in [0.05, 0.1) is 6.61 Å². The number of aromatic hydroxyl groups is 1. The third-order valence-corrected chi connectivity index (χ3v) is 5.30. The Bertz CT molecular complexity index is 1070. The molecule has 33 heavy (non-hydrogen) atoms. The zero-order valence-corrected chi connectivity index (χ0v) is 18.8. The molecule has 1 heterocycles. The molecule has 0 unspecified atom stereocenters. The van der Waals surface area contributed by atoms with Gasteiger partial charge in [0, 0.05) is 50.9 Å². The number of aromatic nitrogens is 2. The summed E-state index contributed by atoms with van der Waals surface area (Å²) in [4.78, 5) is 14.2. The van der Waals surface area contributed by atoms with E-state index in [-0.39, 0.29) is 11.6 Å². The normalized spacial score (nSPS) is 10.6. The molecular formula is C24H29N5O4. The number of hydrogen-bond donors (Lipinski definition) is 3. The Balaban J connectivity index is 1.52. The van der Waals surface area contributed by atoms with Gasteiger partial charge in [0.15, 0.2) is 11.6 Å². The van der Waals surface area contributed by atoms with E-state index in [9.17, 15) is 9.90 Å². The first-order chi connectivity index (χ1) is 15.8. The number of hydrogen-bond acceptors (Lipinski definition) is 7. The molecular weight excluding hydrogens is 422 g/mol. The Morgan fingerprint density at radius 3 is 2.48 bits per heavy atom. The van der Waals surface area contributed by atoms with Gasteiger partial charge >= 0.3 is 6.09 Å². The van der Waals surface area contributed by atoms with Crippen molar-refractivity contribution < 1.29 is 19.7 Å². The van der Waals surface area contributed by atoms with Crippen molar-refractivity contribution in [1.82, 2.24) is 15.1 Å². The number of carboxylic acid groups (broad SMARTS) is 1. The van der Waals surface area contributed by atoms with E-state index >= 15 is 0 Å². The van der Waals surface area contributed by atoms with Gasteiger partial charge in [-0.15, -0.1) is 10.2 Å². The molecule has 0 aliphatic rings. The second-order valence-corrected chi connectivity index (χ2v) is 7.74. The summed E-state index contributed by atoms with van der Waals surface area (Å²) >= 11 is 0. The van der Waals surface area contributed by atoms with Crippen LogP contribution >= 0.6 is 0 Å². The van der Waals surface area contributed by atoms with Gasteiger partial charge in [-0.3, -0.25) is 0 Å². The third-order valence-electron chi connectivity index (χ3n) is 5.30. The van der Waals surface area contributed by atoms with Crippen LogP contribution in [0.3, 0.4) is 0 Å². The maximum Gasteiger partial charge on any atom is 0.407 e. The number of para-hydroxylation sites is 1. The van der Waals surface area contributed by atoms with Crippen molar-refractivity contribution in [2.75, 3.05) is 44.4 Å². The fourth-order valence-electron chi connectivity index (χ4n) is 3.29. The molecule has 0 aliphatic carbocycles. The topological polar surface area (TPSA) is 125 Å². The van der Waals surface area contributed by atoms with Crippen molar-refractivity contribution in [2.45, 2.75) is 12.8 Å². The van der Waals surface area contributed by atoms with Crippen LogP contribution in [0.1, 0.15) is 12.0 Å². The maximum absolute atomic E-state index is 10.9. The Hall–Kier alpha value is -4.01. The van der Waals surface area contributed by atoms with Crippen LogP contribution in [0.2, 0.25) is 0 Å². The van der Waals surface area contributed by atoms with Crippen LogP contribution in [0.15, 0.2) is 54.6 Å². The predicted molar refractivity (Wildman–Crippen MR) is 128 cm³/mol. The van der Waals surface area contributed by atoms with Gasteiger partial charge in [0.2, 0.25) is 0 Å². The summed E-state index contributed by atoms with van der Waals surface area (Å²) in [5.41, 5.74) is 9.13. The van der Waals surface area contributed by atoms with Gasteiger partial charge in [0.1, 0.15) is 11.4 Å². The summed E-state index contributed by atoms with van der Waals surface area (Å²) in [6, 6.07) is 16.7. The smallest absolute Gasteiger partial charge is 0.407 e. The van der Waals surface area contributed by atoms with Crippen molar-refractivity contribution in [2.24, 2.45) is 0 Å². The Morgan fingerprint density at radius 1 is 1.06 bits per heavy atom. The molecule has 9 heteroatoms. The molecule has 0 fully saturated rings. The fourth-order valence-corrected chi connectivity index (χ4v) is 3.29. The Labute approximate surface area is 193 Å². The average Bonchev–Trinajstić information content (AvgIpc) is 2.81. The van der Waals surface area contributed by atoms with Crippen LogP contribution in [-0.2, 0) is 6.42 Å². The molecule has 0 bridgehead atoms. The van der Waals surface area contributed by atoms with Gasteiger partial charge in [-0.25, -0.2) is 4.79 Å². The molecule has 2 aromatic carbocycles. The summed E-state index contributed by atoms with van der Waals surface area (Å²) in [5, 5.41) is 26.9. The number of nitrogens with zero attached hydrogens (tertiary/aromatic N) is 4. The molecule has 1 aromatic heterocycles. The van der Waals surface area contributed by atoms with Gasteiger partial charge in [-0.05, 0) is 36.2 Å². The largest absolute Gasteiger partial charge is 0.507 e. The zero-order valence-electron chi connectivity index (χ0n) is 18.8. The quantitative estimate of drug-likeness (QED) is 0.428. The molecule has 0 saturated carbocycles. The second kappa shape index (κ2) is 11.0. The molecule has 0 atom stereocenters. The first kappa shape index (κ1) is 23.6. The van der Waals surface area contributed by atoms with E-state index < -0.39 is 6.09 Å². The van der Waals surface area contributed by atoms with E-state index in [1.807, 2.05) is 37.4 Å². The van der Waals surface area contributed by atoms with Crippen molar-refractivity contribution in [3.05, 3.63) is 60.2 Å². The molecule has 174 valence electrons. The number of nitrogens with two attached hydrogens (primary N) is 1. The van der Waals surface area contributed by atoms with Crippen LogP contribution in [0, 0.1) is 0 Å². The number of carbonyl (C=O) groups is 1. The highest BCUT2D eigenvalue weighted by atomic mass is 16.5. The lowest BCUT2D eigenvalue weighted by Gasteiger charge is -2.21. The number of nitrogen functional groups attached to an aromatic ring is 1. The SMILES string of the molecule is CN(CCCN(C)c1ccc(CCOc2cc(-c3ccccc3O)nnc2N)cc1)C(=O)O. The van der Waals surface area contributed by atoms with Gasteiger partial charge in [-0.2, -0.15) is 0 Å². The molecule has 0 spiro atoms. The van der Waals surface area contributed by atoms with Crippen molar-refractivity contribution >= 4 is 17.6 Å². The summed E-state index contributed by atoms with van der Waals surface area (Å²) in [6.45, 7) is 1.66. The Morgan fingerprint density at radius 2 is 1.79 bits per heavy atom. The second-order valence-electron chi connectivity index (χ2n) is 7.74. The predicted octanol–water partition coefficient (Wildman–Crippen LogP) is 3.49. The molecule has 1 amide bonds. The van der Waals surface area contributed by atoms with E-state index in [1.165, 1.54) is 4.90 Å². The van der Waals surface area contributed by atoms with Crippen LogP contribution < -0.4 is 15.4 Å². The van der Waals surface area contributed by atoms with Crippen molar-refractivity contribution in [1.29, 1.82) is 0 Å². The molecule has 4 N–H and O–H groups in total. The fraction of sp³-hybridized carbons (Fsp3) is 0.292. The summed E-state index contributed by atoms with van der Waals surface area (Å²) in [5.74, 6) is 0.729. The highest BCUT2D eigenvalue weighted by Gasteiger charge is 2.11. The standard InChI is InChI=1S/C24H29N5O4/c1-28(13-5-14-29(2)24(31)32)18-10-8-17(9-11-18)12-15-33-22-16-20(26-27-23(22)25)19-6-3-4-7-21(19)30/h3-4,6-11,16,30H,5,12-15H2,1-2H3,(H2,25,27)(H,31,32). The minimum absolute atomic E-state index is 0.112. The zero-order chi connectivity index (χ0) is 23.8. The van der Waals surface area contributed by atoms with Gasteiger partial charge in [-0.1, -0.05) is 24.3 Å². The first-order valence-corrected chi connectivity index (χ1v) is 10.6. The number of phenols is 1. The molecule has 0 radical (unpaired) electrons. The van der Waals surface area contributed by atoms with Crippen molar-refractivity contribution in [3.63, 3.8) is 0 Å². The van der Waals surface area contributed by atoms with Gasteiger partial charge < -0.3 is 30.5 Å². The van der Waals surface area contributed by atoms with Crippen molar-refractivity contribution in [3.8, 4) is 22.8 Å². The minimum atomic E-state index is -0.914. The lowest BCUT2D eigenvalue weighted by Crippen LogP contribution is -2.29. The first-order valence-electron chi connectivity index (χ1n) is 10.6. The summed E-state index contributed by atoms with van der Waals surface area (Å²) in [6.07, 6.45) is 0.517. The van der Waals surface area contributed by atoms with E-state index in [0.29, 0.717) is 36.6 Å². The summed E-state index contributed by atoms with van der Waals surface area (Å²) in [7, 11) is 3.56. The number of ether oxygens (including phenoxy) is 1. The lowest BCUT2D eigenvalue weighted by molar-refractivity contribution is 0.155. The minimum Gasteiger partial charge on any atom is -0.507 e. The van der Waals surface area contributed by atoms with E-state index in [4.69, 9.17) is 15.6 Å². The van der Waals surface area contributed by atoms with E-state index in [1.54, 1.807) is 31.3 Å². The molecule has 9 nitrogen and oxygen atoms in total. The van der Waals surface area contributed by atoms with Crippen LogP contribution in [-0.4, -0.2) is 65.2 Å². The Kier molecular flexibility index (Phi) is 7.91. The molecule has 3 aromatic rings. The number of benzene rings is 2. The van der Waals surface area contributed by atoms with Crippen LogP contribution in [0.25, 0.3) is 11.3 Å². The molecule has 0 aliphatic heterocycles. The highest BCUT2D eigenvalue weighted by molar-refractivity contribution is 5.68. The lowest BCUT2D eigenvalue weighted by atomic mass is 10.1.